The zero-order chi connectivity index (χ0) is 16.4. The molecule has 6 heteroatoms. The first-order valence-electron chi connectivity index (χ1n) is 6.92. The van der Waals surface area contributed by atoms with E-state index in [0.29, 0.717) is 17.6 Å². The van der Waals surface area contributed by atoms with Crippen LogP contribution in [0.2, 0.25) is 0 Å². The predicted molar refractivity (Wildman–Crippen MR) is 82.2 cm³/mol. The van der Waals surface area contributed by atoms with Crippen LogP contribution in [0.4, 0.5) is 18.9 Å². The molecule has 3 nitrogen and oxygen atoms in total. The van der Waals surface area contributed by atoms with Gasteiger partial charge in [-0.25, -0.2) is 0 Å². The number of phenols is 1. The number of fused-ring (bicyclic) bond motifs is 1. The molecule has 0 spiro atoms. The van der Waals surface area contributed by atoms with E-state index in [-0.39, 0.29) is 11.3 Å². The van der Waals surface area contributed by atoms with Gasteiger partial charge in [0, 0.05) is 23.8 Å². The fourth-order valence-corrected chi connectivity index (χ4v) is 2.42. The Morgan fingerprint density at radius 3 is 2.57 bits per heavy atom. The number of aromatic nitrogens is 1. The summed E-state index contributed by atoms with van der Waals surface area (Å²) in [6.45, 7) is 0.379. The van der Waals surface area contributed by atoms with Crippen molar-refractivity contribution in [3.05, 3.63) is 65.9 Å². The first-order chi connectivity index (χ1) is 10.9. The summed E-state index contributed by atoms with van der Waals surface area (Å²) in [6.07, 6.45) is -3.10. The first-order valence-corrected chi connectivity index (χ1v) is 6.92. The third-order valence-electron chi connectivity index (χ3n) is 3.47. The Labute approximate surface area is 130 Å². The molecule has 0 bridgehead atoms. The molecule has 0 saturated carbocycles. The minimum absolute atomic E-state index is 0.0825. The highest BCUT2D eigenvalue weighted by atomic mass is 19.4. The highest BCUT2D eigenvalue weighted by Crippen LogP contribution is 2.35. The van der Waals surface area contributed by atoms with Gasteiger partial charge in [0.15, 0.2) is 0 Å². The number of rotatable bonds is 3. The van der Waals surface area contributed by atoms with E-state index in [1.54, 1.807) is 30.3 Å². The number of hydrogen-bond donors (Lipinski definition) is 2. The molecule has 3 rings (SSSR count). The topological polar surface area (TPSA) is 45.1 Å². The van der Waals surface area contributed by atoms with Gasteiger partial charge in [-0.05, 0) is 29.8 Å². The summed E-state index contributed by atoms with van der Waals surface area (Å²) in [4.78, 5) is 3.88. The van der Waals surface area contributed by atoms with E-state index in [4.69, 9.17) is 0 Å². The number of pyridine rings is 1. The maximum absolute atomic E-state index is 13.1. The summed E-state index contributed by atoms with van der Waals surface area (Å²) in [5.41, 5.74) is 0.545. The average Bonchev–Trinajstić information content (AvgIpc) is 2.51. The van der Waals surface area contributed by atoms with Crippen molar-refractivity contribution >= 4 is 16.6 Å². The van der Waals surface area contributed by atoms with Crippen molar-refractivity contribution in [2.24, 2.45) is 0 Å². The fraction of sp³-hybridized carbons (Fsp3) is 0.118. The van der Waals surface area contributed by atoms with Crippen LogP contribution >= 0.6 is 0 Å². The number of anilines is 1. The van der Waals surface area contributed by atoms with E-state index >= 15 is 0 Å². The van der Waals surface area contributed by atoms with Gasteiger partial charge in [-0.1, -0.05) is 24.3 Å². The molecule has 0 aliphatic carbocycles. The van der Waals surface area contributed by atoms with Crippen molar-refractivity contribution in [2.45, 2.75) is 12.7 Å². The molecule has 0 amide bonds. The highest BCUT2D eigenvalue weighted by Gasteiger charge is 2.33. The van der Waals surface area contributed by atoms with Gasteiger partial charge in [0.2, 0.25) is 0 Å². The zero-order valence-corrected chi connectivity index (χ0v) is 11.9. The first kappa shape index (κ1) is 15.1. The Kier molecular flexibility index (Phi) is 3.82. The van der Waals surface area contributed by atoms with Crippen molar-refractivity contribution < 1.29 is 18.3 Å². The van der Waals surface area contributed by atoms with Crippen LogP contribution in [-0.4, -0.2) is 10.1 Å². The average molecular weight is 318 g/mol. The van der Waals surface area contributed by atoms with E-state index in [9.17, 15) is 18.3 Å². The monoisotopic (exact) mass is 318 g/mol. The van der Waals surface area contributed by atoms with Crippen molar-refractivity contribution in [1.29, 1.82) is 0 Å². The van der Waals surface area contributed by atoms with Crippen LogP contribution in [0.15, 0.2) is 54.7 Å². The Hall–Kier alpha value is -2.76. The number of halogens is 3. The predicted octanol–water partition coefficient (Wildman–Crippen LogP) is 4.57. The molecular weight excluding hydrogens is 305 g/mol. The number of benzene rings is 2. The fourth-order valence-electron chi connectivity index (χ4n) is 2.42. The molecule has 0 aliphatic heterocycles. The van der Waals surface area contributed by atoms with Crippen LogP contribution in [0.3, 0.4) is 0 Å². The molecule has 0 unspecified atom stereocenters. The van der Waals surface area contributed by atoms with E-state index in [1.807, 2.05) is 6.07 Å². The summed E-state index contributed by atoms with van der Waals surface area (Å²) in [7, 11) is 0. The summed E-state index contributed by atoms with van der Waals surface area (Å²) in [5.74, 6) is 0.142. The second-order valence-corrected chi connectivity index (χ2v) is 5.08. The lowest BCUT2D eigenvalue weighted by atomic mass is 10.1. The van der Waals surface area contributed by atoms with Crippen LogP contribution < -0.4 is 5.32 Å². The van der Waals surface area contributed by atoms with Gasteiger partial charge < -0.3 is 10.4 Å². The number of nitrogens with zero attached hydrogens (tertiary/aromatic N) is 1. The normalized spacial score (nSPS) is 11.6. The van der Waals surface area contributed by atoms with Crippen molar-refractivity contribution in [3.8, 4) is 5.75 Å². The van der Waals surface area contributed by atoms with Gasteiger partial charge in [-0.15, -0.1) is 0 Å². The van der Waals surface area contributed by atoms with Crippen LogP contribution in [0.1, 0.15) is 11.1 Å². The van der Waals surface area contributed by atoms with Crippen LogP contribution in [0.5, 0.6) is 5.75 Å². The minimum Gasteiger partial charge on any atom is -0.508 e. The van der Waals surface area contributed by atoms with Gasteiger partial charge in [-0.2, -0.15) is 13.2 Å². The number of aromatic hydroxyl groups is 1. The molecule has 1 aromatic heterocycles. The summed E-state index contributed by atoms with van der Waals surface area (Å²) in [6, 6.07) is 12.3. The molecule has 3 aromatic rings. The Bertz CT molecular complexity index is 847. The van der Waals surface area contributed by atoms with E-state index < -0.39 is 11.7 Å². The quantitative estimate of drug-likeness (QED) is 0.743. The van der Waals surface area contributed by atoms with E-state index in [2.05, 4.69) is 10.3 Å². The zero-order valence-electron chi connectivity index (χ0n) is 11.9. The van der Waals surface area contributed by atoms with Gasteiger partial charge in [0.25, 0.3) is 0 Å². The second kappa shape index (κ2) is 5.79. The molecule has 0 atom stereocenters. The molecular formula is C17H13F3N2O. The molecule has 118 valence electrons. The molecule has 1 heterocycles. The molecule has 0 aliphatic rings. The summed E-state index contributed by atoms with van der Waals surface area (Å²) >= 11 is 0. The number of alkyl halides is 3. The molecule has 23 heavy (non-hydrogen) atoms. The largest absolute Gasteiger partial charge is 0.508 e. The smallest absolute Gasteiger partial charge is 0.418 e. The lowest BCUT2D eigenvalue weighted by Gasteiger charge is -2.13. The summed E-state index contributed by atoms with van der Waals surface area (Å²) in [5, 5.41) is 12.9. The molecule has 2 aromatic carbocycles. The van der Waals surface area contributed by atoms with E-state index in [1.165, 1.54) is 12.3 Å². The van der Waals surface area contributed by atoms with Gasteiger partial charge in [0.1, 0.15) is 5.75 Å². The number of hydrogen-bond acceptors (Lipinski definition) is 3. The second-order valence-electron chi connectivity index (χ2n) is 5.08. The van der Waals surface area contributed by atoms with Crippen molar-refractivity contribution in [2.75, 3.05) is 5.32 Å². The molecule has 0 radical (unpaired) electrons. The Balaban J connectivity index is 1.96. The number of nitrogens with one attached hydrogen (secondary N) is 1. The van der Waals surface area contributed by atoms with Gasteiger partial charge >= 0.3 is 6.18 Å². The van der Waals surface area contributed by atoms with Crippen LogP contribution in [-0.2, 0) is 12.7 Å². The van der Waals surface area contributed by atoms with Gasteiger partial charge in [0.05, 0.1) is 11.1 Å². The molecule has 0 saturated heterocycles. The lowest BCUT2D eigenvalue weighted by molar-refractivity contribution is -0.136. The highest BCUT2D eigenvalue weighted by molar-refractivity contribution is 5.93. The lowest BCUT2D eigenvalue weighted by Crippen LogP contribution is -2.07. The maximum atomic E-state index is 13.1. The third kappa shape index (κ3) is 3.21. The Morgan fingerprint density at radius 2 is 1.83 bits per heavy atom. The third-order valence-corrected chi connectivity index (χ3v) is 3.47. The van der Waals surface area contributed by atoms with Gasteiger partial charge in [-0.3, -0.25) is 4.98 Å². The summed E-state index contributed by atoms with van der Waals surface area (Å²) < 4.78 is 39.2. The SMILES string of the molecule is Oc1cccc(CNc2ccnc3c(C(F)(F)F)cccc23)c1. The van der Waals surface area contributed by atoms with E-state index in [0.717, 1.165) is 11.6 Å². The number of phenolic OH excluding ortho intramolecular Hbond substituents is 1. The standard InChI is InChI=1S/C17H13F3N2O/c18-17(19,20)14-6-2-5-13-15(7-8-21-16(13)14)22-10-11-3-1-4-12(23)9-11/h1-9,23H,10H2,(H,21,22). The molecule has 2 N–H and O–H groups in total. The minimum atomic E-state index is -4.45. The van der Waals surface area contributed by atoms with Crippen LogP contribution in [0, 0.1) is 0 Å². The number of para-hydroxylation sites is 1. The van der Waals surface area contributed by atoms with Crippen molar-refractivity contribution in [1.82, 2.24) is 4.98 Å². The van der Waals surface area contributed by atoms with Crippen LogP contribution in [0.25, 0.3) is 10.9 Å². The molecule has 0 fully saturated rings. The Morgan fingerprint density at radius 1 is 1.04 bits per heavy atom. The maximum Gasteiger partial charge on any atom is 0.418 e. The van der Waals surface area contributed by atoms with Crippen molar-refractivity contribution in [3.63, 3.8) is 0 Å².